The Kier molecular flexibility index (Phi) is 9.35. The molecule has 0 bridgehead atoms. The number of rotatable bonds is 6. The maximum Gasteiger partial charge on any atom is 0.164 e. The molecule has 50 heavy (non-hydrogen) atoms. The first-order chi connectivity index (χ1) is 24.6. The van der Waals surface area contributed by atoms with Gasteiger partial charge in [-0.2, -0.15) is 0 Å². The summed E-state index contributed by atoms with van der Waals surface area (Å²) in [7, 11) is 0. The molecule has 6 aromatic carbocycles. The number of hydrogen-bond donors (Lipinski definition) is 0. The maximum absolute atomic E-state index is 5.08. The molecule has 242 valence electrons. The van der Waals surface area contributed by atoms with Crippen molar-refractivity contribution >= 4 is 27.8 Å². The van der Waals surface area contributed by atoms with E-state index in [1.807, 2.05) is 86.8 Å². The molecule has 2 heterocycles. The number of aromatic nitrogens is 4. The quantitative estimate of drug-likeness (QED) is 0.180. The lowest BCUT2D eigenvalue weighted by atomic mass is 9.92. The van der Waals surface area contributed by atoms with Gasteiger partial charge < -0.3 is 0 Å². The lowest BCUT2D eigenvalue weighted by Crippen LogP contribution is -2.00. The van der Waals surface area contributed by atoms with Crippen molar-refractivity contribution in [3.63, 3.8) is 0 Å². The topological polar surface area (TPSA) is 51.6 Å². The van der Waals surface area contributed by atoms with E-state index in [1.165, 1.54) is 21.9 Å². The van der Waals surface area contributed by atoms with Crippen LogP contribution in [0.4, 0.5) is 0 Å². The molecular formula is C46H38N4. The normalized spacial score (nSPS) is 11.1. The van der Waals surface area contributed by atoms with E-state index in [2.05, 4.69) is 98.8 Å². The van der Waals surface area contributed by atoms with Crippen LogP contribution in [0.15, 0.2) is 152 Å². The predicted octanol–water partition coefficient (Wildman–Crippen LogP) is 12.3. The second-order valence-electron chi connectivity index (χ2n) is 12.0. The minimum absolute atomic E-state index is 0.616. The molecule has 0 atom stereocenters. The summed E-state index contributed by atoms with van der Waals surface area (Å²) in [5.74, 6) is 1.89. The number of fused-ring (bicyclic) bond motifs is 2. The number of pyridine rings is 1. The molecule has 0 spiro atoms. The van der Waals surface area contributed by atoms with Gasteiger partial charge in [0.25, 0.3) is 0 Å². The Morgan fingerprint density at radius 1 is 0.480 bits per heavy atom. The Morgan fingerprint density at radius 3 is 1.78 bits per heavy atom. The molecule has 0 saturated heterocycles. The Hall–Kier alpha value is -6.26. The molecular weight excluding hydrogens is 609 g/mol. The summed E-state index contributed by atoms with van der Waals surface area (Å²) >= 11 is 0. The van der Waals surface area contributed by atoms with Gasteiger partial charge in [-0.25, -0.2) is 15.0 Å². The fourth-order valence-electron chi connectivity index (χ4n) is 6.38. The van der Waals surface area contributed by atoms with E-state index in [0.717, 1.165) is 49.8 Å². The van der Waals surface area contributed by atoms with E-state index in [0.29, 0.717) is 17.5 Å². The van der Waals surface area contributed by atoms with Crippen molar-refractivity contribution < 1.29 is 0 Å². The first-order valence-corrected chi connectivity index (χ1v) is 17.2. The van der Waals surface area contributed by atoms with Gasteiger partial charge in [0, 0.05) is 33.8 Å². The average Bonchev–Trinajstić information content (AvgIpc) is 3.19. The molecule has 0 N–H and O–H groups in total. The fourth-order valence-corrected chi connectivity index (χ4v) is 6.38. The first kappa shape index (κ1) is 32.3. The van der Waals surface area contributed by atoms with Crippen LogP contribution >= 0.6 is 0 Å². The van der Waals surface area contributed by atoms with Crippen molar-refractivity contribution in [3.8, 4) is 56.4 Å². The fraction of sp³-hybridized carbons (Fsp3) is 0.0870. The van der Waals surface area contributed by atoms with Crippen LogP contribution in [0.3, 0.4) is 0 Å². The molecule has 8 aromatic rings. The zero-order chi connectivity index (χ0) is 34.5. The van der Waals surface area contributed by atoms with Crippen molar-refractivity contribution in [3.05, 3.63) is 163 Å². The van der Waals surface area contributed by atoms with Gasteiger partial charge in [-0.3, -0.25) is 4.98 Å². The SMILES string of the molecule is C/C=C\c1c(C)ccc2cc(-c3cc(-c4nc(-c5ccccc5)nc(-c5ccccc5)n4)cc(-c4cccc5cccnc45)c3)ccc12.CC. The van der Waals surface area contributed by atoms with E-state index in [4.69, 9.17) is 19.9 Å². The van der Waals surface area contributed by atoms with Crippen LogP contribution in [0, 0.1) is 6.92 Å². The summed E-state index contributed by atoms with van der Waals surface area (Å²) in [5, 5.41) is 3.53. The van der Waals surface area contributed by atoms with Gasteiger partial charge >= 0.3 is 0 Å². The number of benzene rings is 6. The summed E-state index contributed by atoms with van der Waals surface area (Å²) in [5.41, 5.74) is 10.6. The molecule has 0 unspecified atom stereocenters. The van der Waals surface area contributed by atoms with E-state index >= 15 is 0 Å². The molecule has 0 fully saturated rings. The van der Waals surface area contributed by atoms with Crippen LogP contribution in [-0.2, 0) is 0 Å². The van der Waals surface area contributed by atoms with E-state index in [-0.39, 0.29) is 0 Å². The molecule has 0 aliphatic rings. The van der Waals surface area contributed by atoms with Crippen molar-refractivity contribution in [2.75, 3.05) is 0 Å². The number of aryl methyl sites for hydroxylation is 1. The van der Waals surface area contributed by atoms with Crippen LogP contribution in [0.25, 0.3) is 84.2 Å². The van der Waals surface area contributed by atoms with E-state index in [1.54, 1.807) is 0 Å². The second kappa shape index (κ2) is 14.5. The summed E-state index contributed by atoms with van der Waals surface area (Å²) in [6.07, 6.45) is 6.15. The Balaban J connectivity index is 0.00000193. The molecule has 2 aromatic heterocycles. The molecule has 4 heteroatoms. The first-order valence-electron chi connectivity index (χ1n) is 17.2. The number of para-hydroxylation sites is 1. The third-order valence-electron chi connectivity index (χ3n) is 8.78. The maximum atomic E-state index is 5.08. The minimum Gasteiger partial charge on any atom is -0.256 e. The zero-order valence-electron chi connectivity index (χ0n) is 28.8. The lowest BCUT2D eigenvalue weighted by Gasteiger charge is -2.14. The van der Waals surface area contributed by atoms with Crippen molar-refractivity contribution in [2.45, 2.75) is 27.7 Å². The third-order valence-corrected chi connectivity index (χ3v) is 8.78. The summed E-state index contributed by atoms with van der Waals surface area (Å²) in [6.45, 7) is 8.23. The van der Waals surface area contributed by atoms with Gasteiger partial charge in [-0.05, 0) is 82.8 Å². The van der Waals surface area contributed by atoms with E-state index < -0.39 is 0 Å². The van der Waals surface area contributed by atoms with Gasteiger partial charge in [0.05, 0.1) is 5.52 Å². The van der Waals surface area contributed by atoms with Crippen LogP contribution in [0.2, 0.25) is 0 Å². The van der Waals surface area contributed by atoms with Crippen LogP contribution in [0.1, 0.15) is 31.9 Å². The van der Waals surface area contributed by atoms with Gasteiger partial charge in [-0.15, -0.1) is 0 Å². The van der Waals surface area contributed by atoms with Gasteiger partial charge in [0.1, 0.15) is 0 Å². The van der Waals surface area contributed by atoms with Crippen LogP contribution in [-0.4, -0.2) is 19.9 Å². The van der Waals surface area contributed by atoms with E-state index in [9.17, 15) is 0 Å². The number of allylic oxidation sites excluding steroid dienone is 1. The average molecular weight is 647 g/mol. The number of hydrogen-bond acceptors (Lipinski definition) is 4. The molecule has 0 aliphatic carbocycles. The van der Waals surface area contributed by atoms with Crippen molar-refractivity contribution in [2.24, 2.45) is 0 Å². The molecule has 8 rings (SSSR count). The summed E-state index contributed by atoms with van der Waals surface area (Å²) in [4.78, 5) is 19.9. The summed E-state index contributed by atoms with van der Waals surface area (Å²) < 4.78 is 0. The standard InChI is InChI=1S/C44H32N4.C2H6/c1-3-12-38-29(2)20-21-34-25-33(22-23-39(34)38)35-26-36(40-19-10-17-30-18-11-24-45-41(30)40)28-37(27-35)44-47-42(31-13-6-4-7-14-31)46-43(48-44)32-15-8-5-9-16-32;1-2/h3-28H,1-2H3;1-2H3/b12-3-;. The Bertz CT molecular complexity index is 2400. The monoisotopic (exact) mass is 646 g/mol. The Morgan fingerprint density at radius 2 is 1.10 bits per heavy atom. The van der Waals surface area contributed by atoms with Crippen LogP contribution < -0.4 is 0 Å². The lowest BCUT2D eigenvalue weighted by molar-refractivity contribution is 1.07. The molecule has 0 amide bonds. The highest BCUT2D eigenvalue weighted by Gasteiger charge is 2.16. The highest BCUT2D eigenvalue weighted by atomic mass is 15.0. The van der Waals surface area contributed by atoms with Gasteiger partial charge in [0.2, 0.25) is 0 Å². The number of nitrogens with zero attached hydrogens (tertiary/aromatic N) is 4. The largest absolute Gasteiger partial charge is 0.256 e. The molecule has 4 nitrogen and oxygen atoms in total. The molecule has 0 aliphatic heterocycles. The zero-order valence-corrected chi connectivity index (χ0v) is 28.8. The molecule has 0 saturated carbocycles. The van der Waals surface area contributed by atoms with Gasteiger partial charge in [0.15, 0.2) is 17.5 Å². The minimum atomic E-state index is 0.616. The van der Waals surface area contributed by atoms with Crippen LogP contribution in [0.5, 0.6) is 0 Å². The molecule has 0 radical (unpaired) electrons. The highest BCUT2D eigenvalue weighted by molar-refractivity contribution is 5.97. The predicted molar refractivity (Wildman–Crippen MR) is 211 cm³/mol. The second-order valence-corrected chi connectivity index (χ2v) is 12.0. The smallest absolute Gasteiger partial charge is 0.164 e. The summed E-state index contributed by atoms with van der Waals surface area (Å²) in [6, 6.07) is 48.4. The highest BCUT2D eigenvalue weighted by Crippen LogP contribution is 2.37. The van der Waals surface area contributed by atoms with Crippen molar-refractivity contribution in [1.29, 1.82) is 0 Å². The van der Waals surface area contributed by atoms with Gasteiger partial charge in [-0.1, -0.05) is 135 Å². The Labute approximate surface area is 293 Å². The van der Waals surface area contributed by atoms with Crippen molar-refractivity contribution in [1.82, 2.24) is 19.9 Å². The third kappa shape index (κ3) is 6.44.